The molecule has 2 aromatic rings. The van der Waals surface area contributed by atoms with Gasteiger partial charge in [-0.3, -0.25) is 0 Å². The molecule has 0 saturated carbocycles. The van der Waals surface area contributed by atoms with Crippen LogP contribution in [-0.2, 0) is 9.84 Å². The molecule has 0 aliphatic heterocycles. The molecule has 1 aromatic carbocycles. The molecule has 2 rings (SSSR count). The van der Waals surface area contributed by atoms with E-state index in [9.17, 15) is 8.42 Å². The van der Waals surface area contributed by atoms with Crippen molar-refractivity contribution in [3.05, 3.63) is 51.6 Å². The fourth-order valence-corrected chi connectivity index (χ4v) is 3.52. The van der Waals surface area contributed by atoms with Crippen LogP contribution in [0.4, 0.5) is 0 Å². The molecule has 0 aliphatic carbocycles. The van der Waals surface area contributed by atoms with Crippen LogP contribution in [-0.4, -0.2) is 13.4 Å². The summed E-state index contributed by atoms with van der Waals surface area (Å²) in [5, 5.41) is 0.287. The first-order valence-electron chi connectivity index (χ1n) is 4.74. The quantitative estimate of drug-likeness (QED) is 0.788. The van der Waals surface area contributed by atoms with Crippen molar-refractivity contribution in [1.82, 2.24) is 4.98 Å². The maximum atomic E-state index is 12.3. The lowest BCUT2D eigenvalue weighted by Crippen LogP contribution is -2.05. The van der Waals surface area contributed by atoms with Gasteiger partial charge >= 0.3 is 0 Å². The Labute approximate surface area is 119 Å². The van der Waals surface area contributed by atoms with E-state index in [1.165, 1.54) is 36.4 Å². The van der Waals surface area contributed by atoms with Crippen LogP contribution < -0.4 is 0 Å². The van der Waals surface area contributed by atoms with Crippen molar-refractivity contribution in [3.8, 4) is 0 Å². The molecule has 0 unspecified atom stereocenters. The Morgan fingerprint density at radius 2 is 1.72 bits per heavy atom. The first-order valence-corrected chi connectivity index (χ1v) is 7.35. The van der Waals surface area contributed by atoms with E-state index in [4.69, 9.17) is 34.8 Å². The molecule has 3 nitrogen and oxygen atoms in total. The molecule has 0 amide bonds. The summed E-state index contributed by atoms with van der Waals surface area (Å²) in [4.78, 5) is 3.68. The predicted octanol–water partition coefficient (Wildman–Crippen LogP) is 3.87. The number of pyridine rings is 1. The van der Waals surface area contributed by atoms with Crippen LogP contribution in [0.5, 0.6) is 0 Å². The van der Waals surface area contributed by atoms with Crippen LogP contribution in [0.25, 0.3) is 0 Å². The van der Waals surface area contributed by atoms with Crippen LogP contribution >= 0.6 is 34.8 Å². The van der Waals surface area contributed by atoms with Crippen molar-refractivity contribution < 1.29 is 8.42 Å². The first-order chi connectivity index (χ1) is 8.41. The zero-order chi connectivity index (χ0) is 13.3. The molecule has 0 fully saturated rings. The fraction of sp³-hybridized carbons (Fsp3) is 0. The topological polar surface area (TPSA) is 47.0 Å². The lowest BCUT2D eigenvalue weighted by molar-refractivity contribution is 0.592. The van der Waals surface area contributed by atoms with Gasteiger partial charge in [0.05, 0.1) is 9.92 Å². The third kappa shape index (κ3) is 2.62. The van der Waals surface area contributed by atoms with Crippen molar-refractivity contribution in [2.75, 3.05) is 0 Å². The molecule has 18 heavy (non-hydrogen) atoms. The van der Waals surface area contributed by atoms with E-state index in [1.807, 2.05) is 0 Å². The smallest absolute Gasteiger partial charge is 0.224 e. The van der Waals surface area contributed by atoms with Gasteiger partial charge < -0.3 is 0 Å². The molecule has 0 atom stereocenters. The Morgan fingerprint density at radius 3 is 2.39 bits per heavy atom. The van der Waals surface area contributed by atoms with Crippen LogP contribution in [0.15, 0.2) is 46.3 Å². The fourth-order valence-electron chi connectivity index (χ4n) is 1.34. The van der Waals surface area contributed by atoms with Crippen LogP contribution in [0.2, 0.25) is 15.2 Å². The zero-order valence-electron chi connectivity index (χ0n) is 8.77. The zero-order valence-corrected chi connectivity index (χ0v) is 11.9. The number of rotatable bonds is 2. The van der Waals surface area contributed by atoms with E-state index in [0.717, 1.165) is 0 Å². The summed E-state index contributed by atoms with van der Waals surface area (Å²) in [5.74, 6) is 0. The maximum Gasteiger partial charge on any atom is 0.225 e. The van der Waals surface area contributed by atoms with Gasteiger partial charge in [0, 0.05) is 5.02 Å². The number of halogens is 3. The highest BCUT2D eigenvalue weighted by Gasteiger charge is 2.22. The maximum absolute atomic E-state index is 12.3. The van der Waals surface area contributed by atoms with E-state index < -0.39 is 9.84 Å². The molecule has 0 bridgehead atoms. The van der Waals surface area contributed by atoms with E-state index in [0.29, 0.717) is 0 Å². The number of hydrogen-bond acceptors (Lipinski definition) is 3. The molecule has 0 spiro atoms. The summed E-state index contributed by atoms with van der Waals surface area (Å²) in [6.45, 7) is 0. The number of sulfone groups is 1. The highest BCUT2D eigenvalue weighted by atomic mass is 35.5. The lowest BCUT2D eigenvalue weighted by atomic mass is 10.4. The van der Waals surface area contributed by atoms with Crippen LogP contribution in [0.3, 0.4) is 0 Å². The summed E-state index contributed by atoms with van der Waals surface area (Å²) in [6.07, 6.45) is 0. The summed E-state index contributed by atoms with van der Waals surface area (Å²) in [5.41, 5.74) is 0. The number of benzene rings is 1. The SMILES string of the molecule is O=S(=O)(c1cccc(Cl)n1)c1cc(Cl)ccc1Cl. The average Bonchev–Trinajstić information content (AvgIpc) is 2.32. The summed E-state index contributed by atoms with van der Waals surface area (Å²) in [7, 11) is -3.83. The number of aromatic nitrogens is 1. The second-order valence-corrected chi connectivity index (χ2v) is 6.47. The van der Waals surface area contributed by atoms with Crippen molar-refractivity contribution in [2.45, 2.75) is 9.92 Å². The first kappa shape index (κ1) is 13.6. The van der Waals surface area contributed by atoms with Gasteiger partial charge in [-0.25, -0.2) is 13.4 Å². The standard InChI is InChI=1S/C11H6Cl3NO2S/c12-7-4-5-8(13)9(6-7)18(16,17)11-3-1-2-10(14)15-11/h1-6H. The van der Waals surface area contributed by atoms with Gasteiger partial charge in [-0.2, -0.15) is 0 Å². The Hall–Kier alpha value is -0.810. The van der Waals surface area contributed by atoms with Crippen molar-refractivity contribution >= 4 is 44.6 Å². The highest BCUT2D eigenvalue weighted by molar-refractivity contribution is 7.91. The van der Waals surface area contributed by atoms with Gasteiger partial charge in [-0.1, -0.05) is 40.9 Å². The monoisotopic (exact) mass is 321 g/mol. The molecule has 1 heterocycles. The minimum Gasteiger partial charge on any atom is -0.224 e. The minimum atomic E-state index is -3.83. The Balaban J connectivity index is 2.65. The van der Waals surface area contributed by atoms with Gasteiger partial charge in [0.2, 0.25) is 9.84 Å². The number of hydrogen-bond donors (Lipinski definition) is 0. The second kappa shape index (κ2) is 5.05. The Bertz CT molecular complexity index is 701. The second-order valence-electron chi connectivity index (χ2n) is 3.38. The van der Waals surface area contributed by atoms with E-state index in [-0.39, 0.29) is 25.1 Å². The molecule has 94 valence electrons. The molecule has 0 saturated heterocycles. The van der Waals surface area contributed by atoms with Crippen molar-refractivity contribution in [3.63, 3.8) is 0 Å². The lowest BCUT2D eigenvalue weighted by Gasteiger charge is -2.06. The third-order valence-electron chi connectivity index (χ3n) is 2.15. The minimum absolute atomic E-state index is 0.0844. The Morgan fingerprint density at radius 1 is 1.00 bits per heavy atom. The predicted molar refractivity (Wildman–Crippen MR) is 71.2 cm³/mol. The molecule has 0 N–H and O–H groups in total. The molecule has 0 aliphatic rings. The molecule has 1 aromatic heterocycles. The van der Waals surface area contributed by atoms with Gasteiger partial charge in [0.1, 0.15) is 5.15 Å². The average molecular weight is 323 g/mol. The number of nitrogens with zero attached hydrogens (tertiary/aromatic N) is 1. The van der Waals surface area contributed by atoms with E-state index >= 15 is 0 Å². The largest absolute Gasteiger partial charge is 0.225 e. The van der Waals surface area contributed by atoms with E-state index in [2.05, 4.69) is 4.98 Å². The molecule has 0 radical (unpaired) electrons. The Kier molecular flexibility index (Phi) is 3.82. The van der Waals surface area contributed by atoms with Crippen LogP contribution in [0.1, 0.15) is 0 Å². The third-order valence-corrected chi connectivity index (χ3v) is 4.73. The van der Waals surface area contributed by atoms with Crippen molar-refractivity contribution in [1.29, 1.82) is 0 Å². The van der Waals surface area contributed by atoms with Crippen molar-refractivity contribution in [2.24, 2.45) is 0 Å². The molecular weight excluding hydrogens is 317 g/mol. The van der Waals surface area contributed by atoms with E-state index in [1.54, 1.807) is 0 Å². The summed E-state index contributed by atoms with van der Waals surface area (Å²) >= 11 is 17.3. The summed E-state index contributed by atoms with van der Waals surface area (Å²) < 4.78 is 24.6. The highest BCUT2D eigenvalue weighted by Crippen LogP contribution is 2.29. The van der Waals surface area contributed by atoms with Gasteiger partial charge in [-0.05, 0) is 30.3 Å². The molecular formula is C11H6Cl3NO2S. The van der Waals surface area contributed by atoms with Crippen LogP contribution in [0, 0.1) is 0 Å². The van der Waals surface area contributed by atoms with Gasteiger partial charge in [0.15, 0.2) is 5.03 Å². The normalized spacial score (nSPS) is 11.5. The van der Waals surface area contributed by atoms with Gasteiger partial charge in [-0.15, -0.1) is 0 Å². The summed E-state index contributed by atoms with van der Waals surface area (Å²) in [6, 6.07) is 8.54. The van der Waals surface area contributed by atoms with Gasteiger partial charge in [0.25, 0.3) is 0 Å². The molecule has 7 heteroatoms.